The number of hydrogen-bond acceptors (Lipinski definition) is 6. The van der Waals surface area contributed by atoms with E-state index in [2.05, 4.69) is 4.98 Å². The Kier molecular flexibility index (Phi) is 6.03. The Labute approximate surface area is 161 Å². The molecule has 3 aromatic rings. The lowest BCUT2D eigenvalue weighted by Gasteiger charge is -2.14. The van der Waals surface area contributed by atoms with E-state index >= 15 is 0 Å². The van der Waals surface area contributed by atoms with Gasteiger partial charge in [-0.05, 0) is 26.3 Å². The second-order valence-corrected chi connectivity index (χ2v) is 7.05. The molecule has 0 fully saturated rings. The molecule has 1 atom stereocenters. The highest BCUT2D eigenvalue weighted by Gasteiger charge is 2.21. The highest BCUT2D eigenvalue weighted by atomic mass is 32.1. The summed E-state index contributed by atoms with van der Waals surface area (Å²) in [6.07, 6.45) is 1.41. The number of rotatable bonds is 7. The molecule has 0 unspecified atom stereocenters. The SMILES string of the molecule is CCOCCOC(=O)[C@@H](C)n1cnc2scc(-c3ccc(C)cc3)c2c1=O. The van der Waals surface area contributed by atoms with Gasteiger partial charge in [0.15, 0.2) is 0 Å². The van der Waals surface area contributed by atoms with Crippen LogP contribution in [-0.2, 0) is 14.3 Å². The molecule has 3 rings (SSSR count). The van der Waals surface area contributed by atoms with E-state index in [1.807, 2.05) is 43.5 Å². The van der Waals surface area contributed by atoms with Crippen LogP contribution in [0.1, 0.15) is 25.5 Å². The van der Waals surface area contributed by atoms with Crippen LogP contribution in [-0.4, -0.2) is 35.3 Å². The van der Waals surface area contributed by atoms with Crippen molar-refractivity contribution >= 4 is 27.5 Å². The fourth-order valence-corrected chi connectivity index (χ4v) is 3.65. The van der Waals surface area contributed by atoms with Crippen molar-refractivity contribution in [3.63, 3.8) is 0 Å². The average molecular weight is 386 g/mol. The second kappa shape index (κ2) is 8.45. The molecule has 0 aliphatic heterocycles. The summed E-state index contributed by atoms with van der Waals surface area (Å²) >= 11 is 1.42. The maximum Gasteiger partial charge on any atom is 0.329 e. The molecule has 0 bridgehead atoms. The molecule has 0 spiro atoms. The lowest BCUT2D eigenvalue weighted by molar-refractivity contribution is -0.148. The molecule has 0 saturated carbocycles. The Morgan fingerprint density at radius 3 is 2.70 bits per heavy atom. The Hall–Kier alpha value is -2.51. The van der Waals surface area contributed by atoms with Crippen molar-refractivity contribution < 1.29 is 14.3 Å². The number of fused-ring (bicyclic) bond motifs is 1. The fraction of sp³-hybridized carbons (Fsp3) is 0.350. The number of nitrogens with zero attached hydrogens (tertiary/aromatic N) is 2. The van der Waals surface area contributed by atoms with Crippen LogP contribution in [0.15, 0.2) is 40.8 Å². The van der Waals surface area contributed by atoms with E-state index in [-0.39, 0.29) is 12.2 Å². The van der Waals surface area contributed by atoms with Crippen molar-refractivity contribution in [3.8, 4) is 11.1 Å². The maximum absolute atomic E-state index is 13.1. The summed E-state index contributed by atoms with van der Waals surface area (Å²) in [5.74, 6) is -0.481. The number of aryl methyl sites for hydroxylation is 1. The van der Waals surface area contributed by atoms with E-state index in [0.717, 1.165) is 16.7 Å². The molecule has 142 valence electrons. The first-order valence-corrected chi connectivity index (χ1v) is 9.70. The number of ether oxygens (including phenoxy) is 2. The van der Waals surface area contributed by atoms with Gasteiger partial charge in [-0.15, -0.1) is 11.3 Å². The van der Waals surface area contributed by atoms with Gasteiger partial charge in [0.25, 0.3) is 5.56 Å². The molecular formula is C20H22N2O4S. The number of carbonyl (C=O) groups is 1. The van der Waals surface area contributed by atoms with E-state index in [1.165, 1.54) is 22.2 Å². The summed E-state index contributed by atoms with van der Waals surface area (Å²) in [5, 5.41) is 2.46. The van der Waals surface area contributed by atoms with Gasteiger partial charge < -0.3 is 9.47 Å². The van der Waals surface area contributed by atoms with Crippen LogP contribution in [0, 0.1) is 6.92 Å². The molecule has 0 aliphatic rings. The molecule has 0 radical (unpaired) electrons. The van der Waals surface area contributed by atoms with Gasteiger partial charge in [-0.2, -0.15) is 0 Å². The van der Waals surface area contributed by atoms with Gasteiger partial charge in [-0.3, -0.25) is 9.36 Å². The van der Waals surface area contributed by atoms with E-state index < -0.39 is 12.0 Å². The molecule has 0 amide bonds. The number of aromatic nitrogens is 2. The highest BCUT2D eigenvalue weighted by molar-refractivity contribution is 7.17. The highest BCUT2D eigenvalue weighted by Crippen LogP contribution is 2.31. The summed E-state index contributed by atoms with van der Waals surface area (Å²) in [6.45, 7) is 6.58. The molecule has 0 aliphatic carbocycles. The zero-order valence-corrected chi connectivity index (χ0v) is 16.4. The third-order valence-electron chi connectivity index (χ3n) is 4.32. The van der Waals surface area contributed by atoms with E-state index in [1.54, 1.807) is 6.92 Å². The molecule has 2 aromatic heterocycles. The van der Waals surface area contributed by atoms with Gasteiger partial charge >= 0.3 is 5.97 Å². The summed E-state index contributed by atoms with van der Waals surface area (Å²) in [5.41, 5.74) is 2.69. The standard InChI is InChI=1S/C20H22N2O4S/c1-4-25-9-10-26-20(24)14(3)22-12-21-18-17(19(22)23)16(11-27-18)15-7-5-13(2)6-8-15/h5-8,11-12,14H,4,9-10H2,1-3H3/t14-/m1/s1. The normalized spacial score (nSPS) is 12.3. The minimum Gasteiger partial charge on any atom is -0.462 e. The van der Waals surface area contributed by atoms with Crippen LogP contribution in [0.2, 0.25) is 0 Å². The van der Waals surface area contributed by atoms with Crippen LogP contribution in [0.5, 0.6) is 0 Å². The quantitative estimate of drug-likeness (QED) is 0.459. The van der Waals surface area contributed by atoms with Gasteiger partial charge in [-0.25, -0.2) is 9.78 Å². The average Bonchev–Trinajstić information content (AvgIpc) is 3.10. The minimum absolute atomic E-state index is 0.161. The van der Waals surface area contributed by atoms with Gasteiger partial charge in [-0.1, -0.05) is 29.8 Å². The van der Waals surface area contributed by atoms with Gasteiger partial charge in [0.2, 0.25) is 0 Å². The first-order chi connectivity index (χ1) is 13.0. The van der Waals surface area contributed by atoms with Crippen molar-refractivity contribution in [2.75, 3.05) is 19.8 Å². The zero-order valence-electron chi connectivity index (χ0n) is 15.6. The Bertz CT molecular complexity index is 991. The van der Waals surface area contributed by atoms with E-state index in [4.69, 9.17) is 9.47 Å². The first kappa shape index (κ1) is 19.3. The summed E-state index contributed by atoms with van der Waals surface area (Å²) < 4.78 is 11.7. The first-order valence-electron chi connectivity index (χ1n) is 8.82. The summed E-state index contributed by atoms with van der Waals surface area (Å²) in [4.78, 5) is 30.4. The molecule has 27 heavy (non-hydrogen) atoms. The smallest absolute Gasteiger partial charge is 0.329 e. The molecule has 0 N–H and O–H groups in total. The fourth-order valence-electron chi connectivity index (χ4n) is 2.75. The van der Waals surface area contributed by atoms with Crippen molar-refractivity contribution in [1.82, 2.24) is 9.55 Å². The molecular weight excluding hydrogens is 364 g/mol. The largest absolute Gasteiger partial charge is 0.462 e. The van der Waals surface area contributed by atoms with E-state index in [0.29, 0.717) is 23.4 Å². The van der Waals surface area contributed by atoms with Crippen LogP contribution in [0.4, 0.5) is 0 Å². The van der Waals surface area contributed by atoms with Crippen LogP contribution < -0.4 is 5.56 Å². The number of hydrogen-bond donors (Lipinski definition) is 0. The Balaban J connectivity index is 1.92. The molecule has 0 saturated heterocycles. The van der Waals surface area contributed by atoms with Crippen LogP contribution >= 0.6 is 11.3 Å². The molecule has 1 aromatic carbocycles. The third kappa shape index (κ3) is 4.09. The number of esters is 1. The molecule has 7 heteroatoms. The van der Waals surface area contributed by atoms with Crippen molar-refractivity contribution in [1.29, 1.82) is 0 Å². The number of carbonyl (C=O) groups excluding carboxylic acids is 1. The maximum atomic E-state index is 13.1. The van der Waals surface area contributed by atoms with Gasteiger partial charge in [0, 0.05) is 17.6 Å². The summed E-state index contributed by atoms with van der Waals surface area (Å²) in [7, 11) is 0. The van der Waals surface area contributed by atoms with Crippen molar-refractivity contribution in [2.24, 2.45) is 0 Å². The second-order valence-electron chi connectivity index (χ2n) is 6.19. The topological polar surface area (TPSA) is 70.4 Å². The minimum atomic E-state index is -0.762. The van der Waals surface area contributed by atoms with Crippen molar-refractivity contribution in [2.45, 2.75) is 26.8 Å². The Morgan fingerprint density at radius 1 is 1.26 bits per heavy atom. The molecule has 6 nitrogen and oxygen atoms in total. The van der Waals surface area contributed by atoms with Crippen LogP contribution in [0.25, 0.3) is 21.3 Å². The Morgan fingerprint density at radius 2 is 2.00 bits per heavy atom. The summed E-state index contributed by atoms with van der Waals surface area (Å²) in [6, 6.07) is 7.22. The number of benzene rings is 1. The monoisotopic (exact) mass is 386 g/mol. The lowest BCUT2D eigenvalue weighted by atomic mass is 10.1. The van der Waals surface area contributed by atoms with Crippen LogP contribution in [0.3, 0.4) is 0 Å². The zero-order chi connectivity index (χ0) is 19.4. The number of thiophene rings is 1. The lowest BCUT2D eigenvalue weighted by Crippen LogP contribution is -2.30. The predicted molar refractivity (Wildman–Crippen MR) is 106 cm³/mol. The predicted octanol–water partition coefficient (Wildman–Crippen LogP) is 3.57. The van der Waals surface area contributed by atoms with E-state index in [9.17, 15) is 9.59 Å². The molecule has 2 heterocycles. The van der Waals surface area contributed by atoms with Gasteiger partial charge in [0.1, 0.15) is 17.5 Å². The van der Waals surface area contributed by atoms with Gasteiger partial charge in [0.05, 0.1) is 18.3 Å². The van der Waals surface area contributed by atoms with Crippen molar-refractivity contribution in [3.05, 3.63) is 51.9 Å². The third-order valence-corrected chi connectivity index (χ3v) is 5.20.